The van der Waals surface area contributed by atoms with Crippen LogP contribution in [-0.2, 0) is 9.59 Å². The Kier molecular flexibility index (Phi) is 15.9. The molecule has 0 saturated carbocycles. The molecule has 224 valence electrons. The fourth-order valence-electron chi connectivity index (χ4n) is 5.48. The van der Waals surface area contributed by atoms with Crippen LogP contribution in [0.25, 0.3) is 0 Å². The molecule has 0 aliphatic heterocycles. The molecule has 0 spiro atoms. The minimum atomic E-state index is -2.38. The minimum absolute atomic E-state index is 0.0122. The fourth-order valence-corrected chi connectivity index (χ4v) is 5.48. The van der Waals surface area contributed by atoms with Gasteiger partial charge in [0, 0.05) is 17.5 Å². The normalized spacial score (nSPS) is 12.5. The van der Waals surface area contributed by atoms with E-state index in [1.807, 2.05) is 0 Å². The number of ketones is 4. The van der Waals surface area contributed by atoms with Crippen LogP contribution < -0.4 is 4.74 Å². The molecule has 0 radical (unpaired) electrons. The Balaban J connectivity index is 1.91. The zero-order valence-electron chi connectivity index (χ0n) is 25.6. The Bertz CT molecular complexity index is 1070. The fraction of sp³-hybridized carbons (Fsp3) is 0.556. The van der Waals surface area contributed by atoms with Gasteiger partial charge in [-0.25, -0.2) is 0 Å². The number of carbonyl (C=O) groups excluding carboxylic acids is 4. The maximum absolute atomic E-state index is 13.8. The molecule has 0 fully saturated rings. The number of methoxy groups -OCH3 is 1. The van der Waals surface area contributed by atoms with Gasteiger partial charge in [-0.05, 0) is 37.6 Å². The number of unbranched alkanes of at least 4 members (excludes halogenated alkanes) is 14. The molecule has 0 aliphatic carbocycles. The first-order chi connectivity index (χ1) is 19.9. The van der Waals surface area contributed by atoms with Crippen LogP contribution in [0.2, 0.25) is 0 Å². The monoisotopic (exact) mass is 562 g/mol. The summed E-state index contributed by atoms with van der Waals surface area (Å²) >= 11 is 0. The number of ether oxygens (including phenoxy) is 1. The summed E-state index contributed by atoms with van der Waals surface area (Å²) in [4.78, 5) is 54.4. The summed E-state index contributed by atoms with van der Waals surface area (Å²) in [5.74, 6) is -2.34. The number of hydrogen-bond acceptors (Lipinski definition) is 5. The molecule has 0 amide bonds. The van der Waals surface area contributed by atoms with Gasteiger partial charge in [0.15, 0.2) is 23.1 Å². The predicted octanol–water partition coefficient (Wildman–Crippen LogP) is 9.17. The van der Waals surface area contributed by atoms with E-state index in [0.29, 0.717) is 12.2 Å². The van der Waals surface area contributed by atoms with Crippen LogP contribution in [0.4, 0.5) is 0 Å². The van der Waals surface area contributed by atoms with Crippen LogP contribution in [-0.4, -0.2) is 30.2 Å². The second-order valence-corrected chi connectivity index (χ2v) is 11.2. The summed E-state index contributed by atoms with van der Waals surface area (Å²) in [5, 5.41) is 0. The van der Waals surface area contributed by atoms with E-state index >= 15 is 0 Å². The van der Waals surface area contributed by atoms with Crippen LogP contribution in [0, 0.1) is 5.41 Å². The van der Waals surface area contributed by atoms with Gasteiger partial charge in [-0.2, -0.15) is 0 Å². The molecule has 2 aromatic carbocycles. The number of rotatable bonds is 23. The third-order valence-electron chi connectivity index (χ3n) is 8.02. The van der Waals surface area contributed by atoms with Gasteiger partial charge in [-0.15, -0.1) is 0 Å². The first-order valence-corrected chi connectivity index (χ1v) is 15.7. The van der Waals surface area contributed by atoms with Gasteiger partial charge in [0.05, 0.1) is 7.11 Å². The molecule has 0 heterocycles. The number of carbonyl (C=O) groups is 4. The lowest BCUT2D eigenvalue weighted by molar-refractivity contribution is -0.133. The molecule has 0 bridgehead atoms. The summed E-state index contributed by atoms with van der Waals surface area (Å²) in [5.41, 5.74) is -2.07. The van der Waals surface area contributed by atoms with Gasteiger partial charge >= 0.3 is 0 Å². The van der Waals surface area contributed by atoms with Gasteiger partial charge in [0.25, 0.3) is 0 Å². The first kappa shape index (κ1) is 34.1. The van der Waals surface area contributed by atoms with E-state index in [2.05, 4.69) is 6.92 Å². The van der Waals surface area contributed by atoms with E-state index < -0.39 is 28.5 Å². The lowest BCUT2D eigenvalue weighted by Gasteiger charge is -2.27. The van der Waals surface area contributed by atoms with E-state index in [4.69, 9.17) is 4.74 Å². The quantitative estimate of drug-likeness (QED) is 0.0766. The lowest BCUT2D eigenvalue weighted by Crippen LogP contribution is -2.51. The van der Waals surface area contributed by atoms with Crippen molar-refractivity contribution < 1.29 is 23.9 Å². The van der Waals surface area contributed by atoms with E-state index in [9.17, 15) is 19.2 Å². The highest BCUT2D eigenvalue weighted by Crippen LogP contribution is 2.33. The first-order valence-electron chi connectivity index (χ1n) is 15.7. The lowest BCUT2D eigenvalue weighted by atomic mass is 9.67. The molecule has 2 aromatic rings. The van der Waals surface area contributed by atoms with Crippen LogP contribution in [0.15, 0.2) is 54.6 Å². The molecule has 2 rings (SSSR count). The number of Topliss-reactive ketones (excluding diaryl/α,β-unsaturated/α-hetero) is 4. The van der Waals surface area contributed by atoms with Gasteiger partial charge in [0.1, 0.15) is 5.75 Å². The highest BCUT2D eigenvalue weighted by Gasteiger charge is 2.56. The van der Waals surface area contributed by atoms with Crippen LogP contribution in [0.1, 0.15) is 137 Å². The number of hydrogen-bond donors (Lipinski definition) is 0. The van der Waals surface area contributed by atoms with Crippen LogP contribution >= 0.6 is 0 Å². The molecule has 0 aliphatic rings. The molecule has 0 saturated heterocycles. The van der Waals surface area contributed by atoms with Crippen molar-refractivity contribution in [2.24, 2.45) is 5.41 Å². The Morgan fingerprint density at radius 1 is 0.585 bits per heavy atom. The molecule has 1 unspecified atom stereocenters. The molecule has 41 heavy (non-hydrogen) atoms. The van der Waals surface area contributed by atoms with E-state index in [1.54, 1.807) is 42.5 Å². The third kappa shape index (κ3) is 10.4. The molecule has 0 aromatic heterocycles. The second-order valence-electron chi connectivity index (χ2n) is 11.2. The summed E-state index contributed by atoms with van der Waals surface area (Å²) in [6.07, 6.45) is 18.0. The van der Waals surface area contributed by atoms with E-state index in [1.165, 1.54) is 96.8 Å². The number of benzene rings is 2. The maximum Gasteiger partial charge on any atom is 0.212 e. The maximum atomic E-state index is 13.8. The van der Waals surface area contributed by atoms with Crippen molar-refractivity contribution in [3.05, 3.63) is 65.7 Å². The van der Waals surface area contributed by atoms with Gasteiger partial charge < -0.3 is 4.74 Å². The van der Waals surface area contributed by atoms with Gasteiger partial charge in [0.2, 0.25) is 5.41 Å². The molecule has 1 atom stereocenters. The Morgan fingerprint density at radius 3 is 1.41 bits per heavy atom. The van der Waals surface area contributed by atoms with Crippen molar-refractivity contribution >= 4 is 23.1 Å². The van der Waals surface area contributed by atoms with Crippen molar-refractivity contribution in [3.63, 3.8) is 0 Å². The van der Waals surface area contributed by atoms with Gasteiger partial charge in [-0.1, -0.05) is 127 Å². The molecule has 5 heteroatoms. The zero-order chi connectivity index (χ0) is 29.9. The molecule has 0 N–H and O–H groups in total. The Hall–Kier alpha value is -3.08. The van der Waals surface area contributed by atoms with Crippen LogP contribution in [0.5, 0.6) is 5.75 Å². The van der Waals surface area contributed by atoms with Crippen molar-refractivity contribution in [1.82, 2.24) is 0 Å². The third-order valence-corrected chi connectivity index (χ3v) is 8.02. The molecular formula is C36H50O5. The highest BCUT2D eigenvalue weighted by molar-refractivity contribution is 6.44. The van der Waals surface area contributed by atoms with Crippen molar-refractivity contribution in [3.8, 4) is 5.75 Å². The van der Waals surface area contributed by atoms with Crippen molar-refractivity contribution in [2.75, 3.05) is 7.11 Å². The molecular weight excluding hydrogens is 512 g/mol. The summed E-state index contributed by atoms with van der Waals surface area (Å²) in [6.45, 7) is 3.42. The van der Waals surface area contributed by atoms with E-state index in [0.717, 1.165) is 19.3 Å². The average molecular weight is 563 g/mol. The topological polar surface area (TPSA) is 77.5 Å². The highest BCUT2D eigenvalue weighted by atomic mass is 16.5. The van der Waals surface area contributed by atoms with E-state index in [-0.39, 0.29) is 17.5 Å². The average Bonchev–Trinajstić information content (AvgIpc) is 2.99. The summed E-state index contributed by atoms with van der Waals surface area (Å²) in [7, 11) is 1.51. The Labute approximate surface area is 247 Å². The minimum Gasteiger partial charge on any atom is -0.497 e. The van der Waals surface area contributed by atoms with Gasteiger partial charge in [-0.3, -0.25) is 19.2 Å². The SMILES string of the molecule is CCCCCCCCCCCCCCCCCC(=O)C(C(C)=O)(C(=O)c1ccccc1)C(=O)c1ccc(OC)cc1. The summed E-state index contributed by atoms with van der Waals surface area (Å²) in [6, 6.07) is 14.3. The van der Waals surface area contributed by atoms with Crippen molar-refractivity contribution in [1.29, 1.82) is 0 Å². The standard InChI is InChI=1S/C36H50O5/c1-4-5-6-7-8-9-10-11-12-13-14-15-16-17-21-24-33(38)36(29(2)37,34(39)30-22-19-18-20-23-30)35(40)31-25-27-32(41-3)28-26-31/h18-20,22-23,25-28H,4-17,21,24H2,1-3H3. The van der Waals surface area contributed by atoms with Crippen molar-refractivity contribution in [2.45, 2.75) is 117 Å². The van der Waals surface area contributed by atoms with Crippen LogP contribution in [0.3, 0.4) is 0 Å². The largest absolute Gasteiger partial charge is 0.497 e. The predicted molar refractivity (Wildman–Crippen MR) is 166 cm³/mol. The second kappa shape index (κ2) is 19.1. The summed E-state index contributed by atoms with van der Waals surface area (Å²) < 4.78 is 5.17. The molecule has 5 nitrogen and oxygen atoms in total. The Morgan fingerprint density at radius 2 is 1.00 bits per heavy atom. The zero-order valence-corrected chi connectivity index (χ0v) is 25.6. The smallest absolute Gasteiger partial charge is 0.212 e.